The molecule has 1 aromatic rings. The first kappa shape index (κ1) is 15.5. The Balaban J connectivity index is 1.58. The molecule has 3 saturated heterocycles. The highest BCUT2D eigenvalue weighted by Crippen LogP contribution is 2.38. The summed E-state index contributed by atoms with van der Waals surface area (Å²) in [5, 5.41) is 3.28. The highest BCUT2D eigenvalue weighted by molar-refractivity contribution is 7.99. The number of likely N-dealkylation sites (tertiary alicyclic amines) is 1. The number of piperidine rings is 1. The van der Waals surface area contributed by atoms with Crippen LogP contribution in [0.25, 0.3) is 0 Å². The summed E-state index contributed by atoms with van der Waals surface area (Å²) in [6.07, 6.45) is 3.53. The van der Waals surface area contributed by atoms with Crippen molar-refractivity contribution in [3.63, 3.8) is 0 Å². The number of carbonyl (C=O) groups is 1. The largest absolute Gasteiger partial charge is 0.364 e. The highest BCUT2D eigenvalue weighted by atomic mass is 32.2. The first-order valence-electron chi connectivity index (χ1n) is 8.58. The fourth-order valence-corrected chi connectivity index (χ4v) is 5.34. The van der Waals surface area contributed by atoms with Crippen LogP contribution < -0.4 is 5.32 Å². The molecule has 4 rings (SSSR count). The molecule has 3 heterocycles. The molecule has 3 aliphatic heterocycles. The summed E-state index contributed by atoms with van der Waals surface area (Å²) in [6.45, 7) is 2.14. The van der Waals surface area contributed by atoms with Crippen molar-refractivity contribution in [2.75, 3.05) is 31.2 Å². The van der Waals surface area contributed by atoms with Gasteiger partial charge in [-0.1, -0.05) is 30.3 Å². The third-order valence-electron chi connectivity index (χ3n) is 5.52. The van der Waals surface area contributed by atoms with E-state index in [1.807, 2.05) is 18.2 Å². The van der Waals surface area contributed by atoms with Crippen LogP contribution in [0.5, 0.6) is 0 Å². The van der Waals surface area contributed by atoms with Gasteiger partial charge in [0.15, 0.2) is 0 Å². The molecule has 0 bridgehead atoms. The number of morpholine rings is 1. The number of hydrogen-bond acceptors (Lipinski definition) is 4. The second-order valence-electron chi connectivity index (χ2n) is 6.77. The lowest BCUT2D eigenvalue weighted by atomic mass is 9.77. The zero-order valence-electron chi connectivity index (χ0n) is 13.4. The predicted molar refractivity (Wildman–Crippen MR) is 92.5 cm³/mol. The highest BCUT2D eigenvalue weighted by Gasteiger charge is 2.49. The van der Waals surface area contributed by atoms with Gasteiger partial charge in [-0.25, -0.2) is 0 Å². The smallest absolute Gasteiger partial charge is 0.246 e. The molecule has 2 atom stereocenters. The third-order valence-corrected chi connectivity index (χ3v) is 6.57. The van der Waals surface area contributed by atoms with Gasteiger partial charge < -0.3 is 10.1 Å². The monoisotopic (exact) mass is 332 g/mol. The number of amides is 1. The Labute approximate surface area is 142 Å². The topological polar surface area (TPSA) is 41.6 Å². The zero-order valence-corrected chi connectivity index (χ0v) is 14.2. The molecule has 0 unspecified atom stereocenters. The third kappa shape index (κ3) is 2.90. The van der Waals surface area contributed by atoms with E-state index in [4.69, 9.17) is 4.74 Å². The SMILES string of the molecule is O=C1CO[C@@H]2CN(C3CCSCC3)CC[C@@]2(c2ccccc2)N1. The molecule has 1 aromatic carbocycles. The standard InChI is InChI=1S/C18H24N2O2S/c21-17-13-22-16-12-20(15-6-10-23-11-7-15)9-8-18(16,19-17)14-4-2-1-3-5-14/h1-5,15-16H,6-13H2,(H,19,21)/t16-,18+/m1/s1. The Hall–Kier alpha value is -1.04. The number of rotatable bonds is 2. The fraction of sp³-hybridized carbons (Fsp3) is 0.611. The van der Waals surface area contributed by atoms with E-state index in [-0.39, 0.29) is 24.2 Å². The first-order chi connectivity index (χ1) is 11.3. The van der Waals surface area contributed by atoms with Crippen LogP contribution >= 0.6 is 11.8 Å². The van der Waals surface area contributed by atoms with Crippen LogP contribution in [0.4, 0.5) is 0 Å². The number of fused-ring (bicyclic) bond motifs is 1. The fourth-order valence-electron chi connectivity index (χ4n) is 4.26. The molecule has 5 heteroatoms. The minimum atomic E-state index is -0.351. The quantitative estimate of drug-likeness (QED) is 0.899. The van der Waals surface area contributed by atoms with Crippen molar-refractivity contribution in [3.05, 3.63) is 35.9 Å². The van der Waals surface area contributed by atoms with Crippen LogP contribution in [0.2, 0.25) is 0 Å². The maximum absolute atomic E-state index is 12.0. The predicted octanol–water partition coefficient (Wildman–Crippen LogP) is 2.00. The van der Waals surface area contributed by atoms with Gasteiger partial charge in [0.2, 0.25) is 5.91 Å². The summed E-state index contributed by atoms with van der Waals surface area (Å²) < 4.78 is 6.01. The van der Waals surface area contributed by atoms with Gasteiger partial charge in [0.05, 0.1) is 11.6 Å². The molecule has 0 spiro atoms. The molecular weight excluding hydrogens is 308 g/mol. The van der Waals surface area contributed by atoms with E-state index >= 15 is 0 Å². The summed E-state index contributed by atoms with van der Waals surface area (Å²) in [7, 11) is 0. The Bertz CT molecular complexity index is 561. The number of thioether (sulfide) groups is 1. The maximum Gasteiger partial charge on any atom is 0.246 e. The minimum Gasteiger partial charge on any atom is -0.364 e. The Morgan fingerprint density at radius 2 is 2.00 bits per heavy atom. The summed E-state index contributed by atoms with van der Waals surface area (Å²) >= 11 is 2.07. The van der Waals surface area contributed by atoms with E-state index in [1.54, 1.807) is 0 Å². The van der Waals surface area contributed by atoms with E-state index < -0.39 is 0 Å². The van der Waals surface area contributed by atoms with Crippen molar-refractivity contribution in [3.8, 4) is 0 Å². The number of benzene rings is 1. The lowest BCUT2D eigenvalue weighted by molar-refractivity contribution is -0.154. The van der Waals surface area contributed by atoms with E-state index in [0.29, 0.717) is 6.04 Å². The van der Waals surface area contributed by atoms with Crippen LogP contribution in [-0.2, 0) is 15.1 Å². The summed E-state index contributed by atoms with van der Waals surface area (Å²) in [5.41, 5.74) is 0.827. The molecule has 23 heavy (non-hydrogen) atoms. The minimum absolute atomic E-state index is 0.00706. The normalized spacial score (nSPS) is 33.0. The number of carbonyl (C=O) groups excluding carboxylic acids is 1. The van der Waals surface area contributed by atoms with Crippen molar-refractivity contribution in [1.82, 2.24) is 10.2 Å². The van der Waals surface area contributed by atoms with Gasteiger partial charge >= 0.3 is 0 Å². The molecule has 4 nitrogen and oxygen atoms in total. The lowest BCUT2D eigenvalue weighted by Gasteiger charge is -2.52. The molecular formula is C18H24N2O2S. The number of nitrogens with one attached hydrogen (secondary N) is 1. The van der Waals surface area contributed by atoms with Gasteiger partial charge in [-0.05, 0) is 36.3 Å². The molecule has 124 valence electrons. The van der Waals surface area contributed by atoms with Crippen molar-refractivity contribution in [2.24, 2.45) is 0 Å². The second kappa shape index (κ2) is 6.46. The molecule has 0 saturated carbocycles. The van der Waals surface area contributed by atoms with Gasteiger partial charge in [0.25, 0.3) is 0 Å². The Kier molecular flexibility index (Phi) is 4.35. The van der Waals surface area contributed by atoms with E-state index in [2.05, 4.69) is 34.1 Å². The van der Waals surface area contributed by atoms with Crippen LogP contribution in [-0.4, -0.2) is 54.2 Å². The molecule has 3 fully saturated rings. The van der Waals surface area contributed by atoms with Gasteiger partial charge in [0, 0.05) is 19.1 Å². The molecule has 0 aliphatic carbocycles. The van der Waals surface area contributed by atoms with Crippen molar-refractivity contribution >= 4 is 17.7 Å². The number of nitrogens with zero attached hydrogens (tertiary/aromatic N) is 1. The summed E-state index contributed by atoms with van der Waals surface area (Å²) in [4.78, 5) is 14.6. The van der Waals surface area contributed by atoms with Crippen molar-refractivity contribution < 1.29 is 9.53 Å². The van der Waals surface area contributed by atoms with Gasteiger partial charge in [-0.15, -0.1) is 0 Å². The van der Waals surface area contributed by atoms with Gasteiger partial charge in [-0.3, -0.25) is 9.69 Å². The summed E-state index contributed by atoms with van der Waals surface area (Å²) in [6, 6.07) is 11.0. The van der Waals surface area contributed by atoms with Crippen LogP contribution in [0, 0.1) is 0 Å². The molecule has 0 aromatic heterocycles. The van der Waals surface area contributed by atoms with Gasteiger partial charge in [0.1, 0.15) is 6.61 Å². The van der Waals surface area contributed by atoms with Crippen molar-refractivity contribution in [1.29, 1.82) is 0 Å². The van der Waals surface area contributed by atoms with Crippen molar-refractivity contribution in [2.45, 2.75) is 36.9 Å². The number of ether oxygens (including phenoxy) is 1. The Morgan fingerprint density at radius 1 is 1.22 bits per heavy atom. The second-order valence-corrected chi connectivity index (χ2v) is 8.00. The molecule has 1 amide bonds. The zero-order chi connectivity index (χ0) is 15.7. The van der Waals surface area contributed by atoms with Crippen LogP contribution in [0.1, 0.15) is 24.8 Å². The number of hydrogen-bond donors (Lipinski definition) is 1. The molecule has 3 aliphatic rings. The average Bonchev–Trinajstić information content (AvgIpc) is 2.62. The molecule has 1 N–H and O–H groups in total. The summed E-state index contributed by atoms with van der Waals surface area (Å²) in [5.74, 6) is 2.55. The first-order valence-corrected chi connectivity index (χ1v) is 9.73. The molecule has 0 radical (unpaired) electrons. The van der Waals surface area contributed by atoms with E-state index in [1.165, 1.54) is 29.9 Å². The van der Waals surface area contributed by atoms with Crippen LogP contribution in [0.3, 0.4) is 0 Å². The van der Waals surface area contributed by atoms with E-state index in [0.717, 1.165) is 19.5 Å². The van der Waals surface area contributed by atoms with E-state index in [9.17, 15) is 4.79 Å². The van der Waals surface area contributed by atoms with Gasteiger partial charge in [-0.2, -0.15) is 11.8 Å². The Morgan fingerprint density at radius 3 is 2.78 bits per heavy atom. The van der Waals surface area contributed by atoms with Crippen LogP contribution in [0.15, 0.2) is 30.3 Å². The maximum atomic E-state index is 12.0. The average molecular weight is 332 g/mol. The lowest BCUT2D eigenvalue weighted by Crippen LogP contribution is -2.67.